The Morgan fingerprint density at radius 2 is 2.04 bits per heavy atom. The van der Waals surface area contributed by atoms with Gasteiger partial charge in [-0.1, -0.05) is 0 Å². The number of hydrogen-bond acceptors (Lipinski definition) is 5. The maximum atomic E-state index is 4.25. The van der Waals surface area contributed by atoms with Crippen LogP contribution in [0.5, 0.6) is 0 Å². The lowest BCUT2D eigenvalue weighted by Gasteiger charge is -2.32. The molecule has 2 saturated heterocycles. The van der Waals surface area contributed by atoms with E-state index in [0.29, 0.717) is 6.04 Å². The van der Waals surface area contributed by atoms with Crippen LogP contribution in [0.3, 0.4) is 0 Å². The molecule has 2 N–H and O–H groups in total. The first-order valence-corrected chi connectivity index (χ1v) is 8.50. The van der Waals surface area contributed by atoms with Crippen LogP contribution in [-0.2, 0) is 6.54 Å². The molecule has 2 fully saturated rings. The standard InChI is InChI=1S/C17H24N6.ClH/c1-2-14(10-19-4-1)17-15(11-20-21-17)12-22-7-3-16(13-22)23-8-5-18-6-9-23;/h1-2,4,10-11,16,18H,3,5-9,12-13H2,(H,20,21);1H. The van der Waals surface area contributed by atoms with Crippen molar-refractivity contribution in [2.24, 2.45) is 0 Å². The largest absolute Gasteiger partial charge is 0.314 e. The maximum Gasteiger partial charge on any atom is 0.0710 e. The summed E-state index contributed by atoms with van der Waals surface area (Å²) in [6.07, 6.45) is 6.93. The average Bonchev–Trinajstić information content (AvgIpc) is 3.26. The fourth-order valence-electron chi connectivity index (χ4n) is 3.73. The minimum Gasteiger partial charge on any atom is -0.314 e. The molecular formula is C17H25ClN6. The SMILES string of the molecule is Cl.c1cncc(-c2[nH]ncc2CN2CCC(N3CCNCC3)C2)c1. The van der Waals surface area contributed by atoms with Gasteiger partial charge < -0.3 is 5.32 Å². The van der Waals surface area contributed by atoms with E-state index in [1.165, 1.54) is 31.6 Å². The predicted octanol–water partition coefficient (Wildman–Crippen LogP) is 1.37. The van der Waals surface area contributed by atoms with E-state index < -0.39 is 0 Å². The lowest BCUT2D eigenvalue weighted by Crippen LogP contribution is -2.49. The van der Waals surface area contributed by atoms with Gasteiger partial charge in [0.15, 0.2) is 0 Å². The van der Waals surface area contributed by atoms with E-state index in [9.17, 15) is 0 Å². The summed E-state index contributed by atoms with van der Waals surface area (Å²) in [7, 11) is 0. The summed E-state index contributed by atoms with van der Waals surface area (Å²) >= 11 is 0. The highest BCUT2D eigenvalue weighted by molar-refractivity contribution is 5.85. The first kappa shape index (κ1) is 17.4. The van der Waals surface area contributed by atoms with Crippen molar-refractivity contribution in [3.8, 4) is 11.3 Å². The summed E-state index contributed by atoms with van der Waals surface area (Å²) in [6.45, 7) is 7.93. The molecule has 24 heavy (non-hydrogen) atoms. The fraction of sp³-hybridized carbons (Fsp3) is 0.529. The maximum absolute atomic E-state index is 4.25. The van der Waals surface area contributed by atoms with E-state index >= 15 is 0 Å². The van der Waals surface area contributed by atoms with Crippen molar-refractivity contribution in [1.29, 1.82) is 0 Å². The van der Waals surface area contributed by atoms with Crippen LogP contribution in [-0.4, -0.2) is 70.3 Å². The molecule has 4 heterocycles. The molecular weight excluding hydrogens is 324 g/mol. The van der Waals surface area contributed by atoms with Crippen molar-refractivity contribution in [2.45, 2.75) is 19.0 Å². The number of pyridine rings is 1. The Hall–Kier alpha value is -1.47. The number of halogens is 1. The summed E-state index contributed by atoms with van der Waals surface area (Å²) < 4.78 is 0. The molecule has 1 atom stereocenters. The number of H-pyrrole nitrogens is 1. The molecule has 2 aliphatic heterocycles. The second kappa shape index (κ2) is 8.07. The van der Waals surface area contributed by atoms with Gasteiger partial charge in [-0.2, -0.15) is 5.10 Å². The molecule has 2 aromatic rings. The zero-order valence-corrected chi connectivity index (χ0v) is 14.6. The zero-order chi connectivity index (χ0) is 15.5. The zero-order valence-electron chi connectivity index (χ0n) is 13.8. The van der Waals surface area contributed by atoms with E-state index in [1.54, 1.807) is 6.20 Å². The summed E-state index contributed by atoms with van der Waals surface area (Å²) in [4.78, 5) is 9.41. The van der Waals surface area contributed by atoms with Crippen LogP contribution < -0.4 is 5.32 Å². The predicted molar refractivity (Wildman–Crippen MR) is 97.2 cm³/mol. The molecule has 0 radical (unpaired) electrons. The molecule has 2 aromatic heterocycles. The average molecular weight is 349 g/mol. The van der Waals surface area contributed by atoms with Gasteiger partial charge in [0.2, 0.25) is 0 Å². The van der Waals surface area contributed by atoms with Crippen LogP contribution >= 0.6 is 12.4 Å². The molecule has 0 spiro atoms. The highest BCUT2D eigenvalue weighted by Gasteiger charge is 2.28. The lowest BCUT2D eigenvalue weighted by molar-refractivity contribution is 0.170. The molecule has 1 unspecified atom stereocenters. The number of nitrogens with zero attached hydrogens (tertiary/aromatic N) is 4. The molecule has 4 rings (SSSR count). The van der Waals surface area contributed by atoms with Crippen molar-refractivity contribution < 1.29 is 0 Å². The van der Waals surface area contributed by atoms with Gasteiger partial charge in [-0.3, -0.25) is 19.9 Å². The van der Waals surface area contributed by atoms with Gasteiger partial charge in [-0.25, -0.2) is 0 Å². The van der Waals surface area contributed by atoms with E-state index in [1.807, 2.05) is 18.5 Å². The number of rotatable bonds is 4. The van der Waals surface area contributed by atoms with Gasteiger partial charge >= 0.3 is 0 Å². The highest BCUT2D eigenvalue weighted by atomic mass is 35.5. The van der Waals surface area contributed by atoms with Gasteiger partial charge in [0.25, 0.3) is 0 Å². The molecule has 7 heteroatoms. The minimum absolute atomic E-state index is 0. The van der Waals surface area contributed by atoms with Crippen molar-refractivity contribution >= 4 is 12.4 Å². The van der Waals surface area contributed by atoms with Crippen molar-refractivity contribution in [2.75, 3.05) is 39.3 Å². The normalized spacial score (nSPS) is 22.4. The molecule has 0 saturated carbocycles. The number of likely N-dealkylation sites (tertiary alicyclic amines) is 1. The van der Waals surface area contributed by atoms with Crippen molar-refractivity contribution in [1.82, 2.24) is 30.3 Å². The Labute approximate surface area is 149 Å². The Kier molecular flexibility index (Phi) is 5.84. The third kappa shape index (κ3) is 3.78. The Bertz CT molecular complexity index is 625. The van der Waals surface area contributed by atoms with Gasteiger partial charge in [0.1, 0.15) is 0 Å². The monoisotopic (exact) mass is 348 g/mol. The number of hydrogen-bond donors (Lipinski definition) is 2. The fourth-order valence-corrected chi connectivity index (χ4v) is 3.73. The van der Waals surface area contributed by atoms with Gasteiger partial charge in [0.05, 0.1) is 11.9 Å². The summed E-state index contributed by atoms with van der Waals surface area (Å²) in [5.74, 6) is 0. The van der Waals surface area contributed by atoms with E-state index in [0.717, 1.165) is 37.4 Å². The van der Waals surface area contributed by atoms with E-state index in [4.69, 9.17) is 0 Å². The van der Waals surface area contributed by atoms with Crippen LogP contribution in [0.1, 0.15) is 12.0 Å². The molecule has 0 bridgehead atoms. The quantitative estimate of drug-likeness (QED) is 0.874. The highest BCUT2D eigenvalue weighted by Crippen LogP contribution is 2.24. The second-order valence-corrected chi connectivity index (χ2v) is 6.48. The topological polar surface area (TPSA) is 60.1 Å². The molecule has 2 aliphatic rings. The smallest absolute Gasteiger partial charge is 0.0710 e. The third-order valence-electron chi connectivity index (χ3n) is 4.98. The molecule has 0 amide bonds. The van der Waals surface area contributed by atoms with E-state index in [-0.39, 0.29) is 12.4 Å². The Balaban J connectivity index is 0.00000169. The first-order valence-electron chi connectivity index (χ1n) is 8.50. The molecule has 0 aromatic carbocycles. The summed E-state index contributed by atoms with van der Waals surface area (Å²) in [5.41, 5.74) is 3.47. The lowest BCUT2D eigenvalue weighted by atomic mass is 10.1. The number of nitrogens with one attached hydrogen (secondary N) is 2. The molecule has 130 valence electrons. The Morgan fingerprint density at radius 1 is 1.17 bits per heavy atom. The summed E-state index contributed by atoms with van der Waals surface area (Å²) in [6, 6.07) is 4.76. The van der Waals surface area contributed by atoms with Gasteiger partial charge in [-0.15, -0.1) is 12.4 Å². The van der Waals surface area contributed by atoms with Crippen molar-refractivity contribution in [3.05, 3.63) is 36.3 Å². The van der Waals surface area contributed by atoms with Crippen molar-refractivity contribution in [3.63, 3.8) is 0 Å². The van der Waals surface area contributed by atoms with Crippen LogP contribution in [0.15, 0.2) is 30.7 Å². The van der Waals surface area contributed by atoms with Crippen LogP contribution in [0.4, 0.5) is 0 Å². The number of aromatic amines is 1. The number of aromatic nitrogens is 3. The van der Waals surface area contributed by atoms with Crippen LogP contribution in [0.25, 0.3) is 11.3 Å². The van der Waals surface area contributed by atoms with Crippen LogP contribution in [0, 0.1) is 0 Å². The molecule has 0 aliphatic carbocycles. The van der Waals surface area contributed by atoms with E-state index in [2.05, 4.69) is 36.4 Å². The second-order valence-electron chi connectivity index (χ2n) is 6.48. The van der Waals surface area contributed by atoms with Crippen LogP contribution in [0.2, 0.25) is 0 Å². The first-order chi connectivity index (χ1) is 11.4. The Morgan fingerprint density at radius 3 is 2.83 bits per heavy atom. The van der Waals surface area contributed by atoms with Gasteiger partial charge in [0, 0.05) is 75.4 Å². The number of piperazine rings is 1. The molecule has 6 nitrogen and oxygen atoms in total. The third-order valence-corrected chi connectivity index (χ3v) is 4.98. The minimum atomic E-state index is 0. The van der Waals surface area contributed by atoms with Gasteiger partial charge in [-0.05, 0) is 18.6 Å². The summed E-state index contributed by atoms with van der Waals surface area (Å²) in [5, 5.41) is 10.8.